The molecular weight excluding hydrogens is 99.0 g/mol. The smallest absolute Gasteiger partial charge is 0.0431 e. The first-order chi connectivity index (χ1) is 2.91. The van der Waals surface area contributed by atoms with Crippen molar-refractivity contribution in [2.45, 2.75) is 26.2 Å². The molecule has 1 radical (unpaired) electrons. The van der Waals surface area contributed by atoms with Crippen LogP contribution in [-0.2, 0) is 0 Å². The molecule has 0 heterocycles. The van der Waals surface area contributed by atoms with Crippen molar-refractivity contribution in [1.29, 1.82) is 0 Å². The first-order valence-electron chi connectivity index (χ1n) is 2.52. The van der Waals surface area contributed by atoms with Gasteiger partial charge in [0.2, 0.25) is 0 Å². The van der Waals surface area contributed by atoms with Crippen LogP contribution in [-0.4, -0.2) is 41.3 Å². The minimum Gasteiger partial charge on any atom is -0.396 e. The minimum atomic E-state index is 0. The maximum Gasteiger partial charge on any atom is 0.0431 e. The third-order valence-corrected chi connectivity index (χ3v) is 0.762. The quantitative estimate of drug-likeness (QED) is 0.421. The summed E-state index contributed by atoms with van der Waals surface area (Å²) >= 11 is 0. The zero-order chi connectivity index (χ0) is 4.83. The molecule has 0 spiro atoms. The van der Waals surface area contributed by atoms with E-state index in [1.54, 1.807) is 0 Å². The van der Waals surface area contributed by atoms with Gasteiger partial charge in [-0.1, -0.05) is 19.8 Å². The summed E-state index contributed by atoms with van der Waals surface area (Å²) in [5.74, 6) is 0. The number of aliphatic hydroxyl groups excluding tert-OH is 1. The van der Waals surface area contributed by atoms with Gasteiger partial charge in [-0.05, 0) is 6.42 Å². The van der Waals surface area contributed by atoms with Gasteiger partial charge in [0.25, 0.3) is 0 Å². The van der Waals surface area contributed by atoms with Crippen LogP contribution in [0.2, 0.25) is 0 Å². The fraction of sp³-hybridized carbons (Fsp3) is 1.00. The molecule has 0 aromatic rings. The number of rotatable bonds is 3. The third-order valence-electron chi connectivity index (χ3n) is 0.762. The monoisotopic (exact) mass is 111 g/mol. The van der Waals surface area contributed by atoms with Gasteiger partial charge >= 0.3 is 0 Å². The standard InChI is InChI=1S/C5H12O.Na/c1-2-3-4-5-6;/h6H,2-5H2,1H3;. The maximum atomic E-state index is 8.20. The van der Waals surface area contributed by atoms with Crippen LogP contribution in [0.1, 0.15) is 26.2 Å². The Kier molecular flexibility index (Phi) is 15.6. The molecule has 0 aliphatic rings. The molecule has 39 valence electrons. The molecule has 0 unspecified atom stereocenters. The van der Waals surface area contributed by atoms with Gasteiger partial charge in [0.05, 0.1) is 0 Å². The predicted molar refractivity (Wildman–Crippen MR) is 32.4 cm³/mol. The summed E-state index contributed by atoms with van der Waals surface area (Å²) < 4.78 is 0. The first-order valence-corrected chi connectivity index (χ1v) is 2.52. The number of aliphatic hydroxyl groups is 1. The van der Waals surface area contributed by atoms with E-state index in [0.717, 1.165) is 12.8 Å². The van der Waals surface area contributed by atoms with Crippen molar-refractivity contribution in [2.24, 2.45) is 0 Å². The Morgan fingerprint density at radius 1 is 1.29 bits per heavy atom. The van der Waals surface area contributed by atoms with E-state index in [1.807, 2.05) is 0 Å². The number of hydrogen-bond donors (Lipinski definition) is 1. The maximum absolute atomic E-state index is 8.20. The van der Waals surface area contributed by atoms with Crippen molar-refractivity contribution in [3.05, 3.63) is 0 Å². The van der Waals surface area contributed by atoms with Gasteiger partial charge in [0.1, 0.15) is 0 Å². The molecule has 1 N–H and O–H groups in total. The van der Waals surface area contributed by atoms with Gasteiger partial charge < -0.3 is 5.11 Å². The Hall–Kier alpha value is 0.960. The Labute approximate surface area is 67.4 Å². The molecule has 0 saturated heterocycles. The normalized spacial score (nSPS) is 7.71. The molecule has 0 atom stereocenters. The summed E-state index contributed by atoms with van der Waals surface area (Å²) in [6, 6.07) is 0. The fourth-order valence-corrected chi connectivity index (χ4v) is 0.362. The van der Waals surface area contributed by atoms with E-state index in [1.165, 1.54) is 6.42 Å². The Morgan fingerprint density at radius 3 is 2.00 bits per heavy atom. The number of unbranched alkanes of at least 4 members (excludes halogenated alkanes) is 2. The van der Waals surface area contributed by atoms with Crippen LogP contribution in [0.5, 0.6) is 0 Å². The summed E-state index contributed by atoms with van der Waals surface area (Å²) in [5.41, 5.74) is 0. The second-order valence-electron chi connectivity index (χ2n) is 1.43. The average molecular weight is 111 g/mol. The van der Waals surface area contributed by atoms with E-state index in [0.29, 0.717) is 6.61 Å². The molecule has 0 fully saturated rings. The summed E-state index contributed by atoms with van der Waals surface area (Å²) in [6.07, 6.45) is 3.33. The molecule has 0 bridgehead atoms. The van der Waals surface area contributed by atoms with Crippen molar-refractivity contribution in [3.8, 4) is 0 Å². The molecule has 0 aliphatic heterocycles. The SMILES string of the molecule is CCCCCO.[Na]. The van der Waals surface area contributed by atoms with Gasteiger partial charge in [0, 0.05) is 36.2 Å². The van der Waals surface area contributed by atoms with E-state index in [4.69, 9.17) is 5.11 Å². The van der Waals surface area contributed by atoms with E-state index < -0.39 is 0 Å². The zero-order valence-electron chi connectivity index (χ0n) is 5.28. The van der Waals surface area contributed by atoms with Crippen molar-refractivity contribution in [2.75, 3.05) is 6.61 Å². The summed E-state index contributed by atoms with van der Waals surface area (Å²) in [4.78, 5) is 0. The fourth-order valence-electron chi connectivity index (χ4n) is 0.362. The summed E-state index contributed by atoms with van der Waals surface area (Å²) in [6.45, 7) is 2.48. The van der Waals surface area contributed by atoms with Gasteiger partial charge in [-0.15, -0.1) is 0 Å². The van der Waals surface area contributed by atoms with Gasteiger partial charge in [0.15, 0.2) is 0 Å². The van der Waals surface area contributed by atoms with Crippen LogP contribution < -0.4 is 0 Å². The largest absolute Gasteiger partial charge is 0.396 e. The molecule has 1 nitrogen and oxygen atoms in total. The van der Waals surface area contributed by atoms with Gasteiger partial charge in [-0.2, -0.15) is 0 Å². The van der Waals surface area contributed by atoms with Crippen molar-refractivity contribution in [1.82, 2.24) is 0 Å². The van der Waals surface area contributed by atoms with Crippen LogP contribution in [0.25, 0.3) is 0 Å². The molecule has 0 amide bonds. The molecule has 2 heteroatoms. The molecule has 0 aromatic heterocycles. The van der Waals surface area contributed by atoms with E-state index in [-0.39, 0.29) is 29.6 Å². The molecule has 7 heavy (non-hydrogen) atoms. The summed E-state index contributed by atoms with van der Waals surface area (Å²) in [5, 5.41) is 8.20. The predicted octanol–water partition coefficient (Wildman–Crippen LogP) is 0.788. The minimum absolute atomic E-state index is 0. The Morgan fingerprint density at radius 2 is 1.86 bits per heavy atom. The molecule has 0 rings (SSSR count). The van der Waals surface area contributed by atoms with Crippen LogP contribution >= 0.6 is 0 Å². The van der Waals surface area contributed by atoms with Crippen molar-refractivity contribution in [3.63, 3.8) is 0 Å². The van der Waals surface area contributed by atoms with Crippen LogP contribution in [0, 0.1) is 0 Å². The van der Waals surface area contributed by atoms with E-state index in [9.17, 15) is 0 Å². The van der Waals surface area contributed by atoms with Gasteiger partial charge in [-0.3, -0.25) is 0 Å². The zero-order valence-corrected chi connectivity index (χ0v) is 7.28. The average Bonchev–Trinajstić information content (AvgIpc) is 1.61. The van der Waals surface area contributed by atoms with Crippen LogP contribution in [0.4, 0.5) is 0 Å². The third kappa shape index (κ3) is 10.9. The topological polar surface area (TPSA) is 20.2 Å². The van der Waals surface area contributed by atoms with E-state index >= 15 is 0 Å². The van der Waals surface area contributed by atoms with Gasteiger partial charge in [-0.25, -0.2) is 0 Å². The Bertz CT molecular complexity index is 20.0. The van der Waals surface area contributed by atoms with Crippen molar-refractivity contribution >= 4 is 29.6 Å². The molecule has 0 aliphatic carbocycles. The van der Waals surface area contributed by atoms with Crippen molar-refractivity contribution < 1.29 is 5.11 Å². The second kappa shape index (κ2) is 10.0. The Balaban J connectivity index is 0. The number of hydrogen-bond acceptors (Lipinski definition) is 1. The van der Waals surface area contributed by atoms with Crippen LogP contribution in [0.3, 0.4) is 0 Å². The summed E-state index contributed by atoms with van der Waals surface area (Å²) in [7, 11) is 0. The first kappa shape index (κ1) is 10.9. The molecular formula is C5H12NaO. The molecule has 0 aromatic carbocycles. The van der Waals surface area contributed by atoms with Crippen LogP contribution in [0.15, 0.2) is 0 Å². The second-order valence-corrected chi connectivity index (χ2v) is 1.43. The van der Waals surface area contributed by atoms with E-state index in [2.05, 4.69) is 6.92 Å². The molecule has 0 saturated carbocycles.